The Morgan fingerprint density at radius 2 is 1.86 bits per heavy atom. The van der Waals surface area contributed by atoms with Gasteiger partial charge in [-0.3, -0.25) is 14.5 Å². The number of benzene rings is 3. The summed E-state index contributed by atoms with van der Waals surface area (Å²) in [6.07, 6.45) is 1.62. The minimum Gasteiger partial charge on any atom is -0.507 e. The summed E-state index contributed by atoms with van der Waals surface area (Å²) in [5, 5.41) is 17.2. The van der Waals surface area contributed by atoms with E-state index in [1.54, 1.807) is 62.6 Å². The largest absolute Gasteiger partial charge is 0.507 e. The zero-order chi connectivity index (χ0) is 26.1. The second-order valence-electron chi connectivity index (χ2n) is 8.56. The highest BCUT2D eigenvalue weighted by atomic mass is 16.5. The van der Waals surface area contributed by atoms with Crippen LogP contribution < -0.4 is 14.4 Å². The third kappa shape index (κ3) is 4.33. The van der Waals surface area contributed by atoms with Crippen molar-refractivity contribution in [2.24, 2.45) is 0 Å². The number of aromatic nitrogens is 1. The van der Waals surface area contributed by atoms with Gasteiger partial charge in [-0.25, -0.2) is 0 Å². The molecule has 1 aromatic heterocycles. The first kappa shape index (κ1) is 23.9. The normalized spacial score (nSPS) is 16.8. The Morgan fingerprint density at radius 1 is 1.08 bits per heavy atom. The van der Waals surface area contributed by atoms with Crippen LogP contribution in [0.4, 0.5) is 5.82 Å². The van der Waals surface area contributed by atoms with Crippen LogP contribution >= 0.6 is 0 Å². The second kappa shape index (κ2) is 9.66. The number of ether oxygens (including phenoxy) is 2. The molecule has 0 bridgehead atoms. The molecule has 3 aromatic carbocycles. The lowest BCUT2D eigenvalue weighted by Gasteiger charge is -2.23. The zero-order valence-corrected chi connectivity index (χ0v) is 20.3. The maximum atomic E-state index is 13.4. The molecular weight excluding hydrogens is 472 g/mol. The number of Topliss-reactive ketones (excluding diaryl/α,β-unsaturated/α-hetero) is 1. The number of aliphatic hydroxyl groups is 1. The molecule has 4 aromatic rings. The standard InChI is InChI=1S/C29H24N2O6/c1-4-12-36-23-7-5-6-20(16-23)26-25(28(33)29(34)31(26)24-13-17(2)37-30-24)27(32)21-9-8-19-15-22(35-3)11-10-18(19)14-21/h4-11,13-16,26,32H,1,12H2,2-3H3. The molecule has 8 heteroatoms. The number of carbonyl (C=O) groups is 2. The van der Waals surface area contributed by atoms with Gasteiger partial charge in [0.1, 0.15) is 29.6 Å². The van der Waals surface area contributed by atoms with E-state index in [9.17, 15) is 14.7 Å². The van der Waals surface area contributed by atoms with E-state index in [-0.39, 0.29) is 23.8 Å². The molecule has 1 fully saturated rings. The lowest BCUT2D eigenvalue weighted by atomic mass is 9.94. The summed E-state index contributed by atoms with van der Waals surface area (Å²) >= 11 is 0. The average Bonchev–Trinajstić information content (AvgIpc) is 3.46. The van der Waals surface area contributed by atoms with Gasteiger partial charge in [0.15, 0.2) is 5.82 Å². The quantitative estimate of drug-likeness (QED) is 0.160. The molecule has 5 rings (SSSR count). The fourth-order valence-electron chi connectivity index (χ4n) is 4.43. The molecule has 1 aliphatic heterocycles. The Kier molecular flexibility index (Phi) is 6.23. The number of rotatable bonds is 7. The predicted molar refractivity (Wildman–Crippen MR) is 139 cm³/mol. The number of aryl methyl sites for hydroxylation is 1. The molecule has 1 amide bonds. The minimum absolute atomic E-state index is 0.0561. The van der Waals surface area contributed by atoms with Crippen LogP contribution in [0.2, 0.25) is 0 Å². The van der Waals surface area contributed by atoms with Gasteiger partial charge in [0.05, 0.1) is 18.7 Å². The van der Waals surface area contributed by atoms with E-state index in [1.165, 1.54) is 4.90 Å². The summed E-state index contributed by atoms with van der Waals surface area (Å²) < 4.78 is 16.1. The van der Waals surface area contributed by atoms with Gasteiger partial charge >= 0.3 is 5.91 Å². The number of ketones is 1. The Balaban J connectivity index is 1.68. The zero-order valence-electron chi connectivity index (χ0n) is 20.3. The molecule has 0 spiro atoms. The Morgan fingerprint density at radius 3 is 2.59 bits per heavy atom. The maximum absolute atomic E-state index is 13.4. The molecule has 2 heterocycles. The number of hydrogen-bond donors (Lipinski definition) is 1. The van der Waals surface area contributed by atoms with Gasteiger partial charge in [0.25, 0.3) is 5.78 Å². The molecule has 37 heavy (non-hydrogen) atoms. The second-order valence-corrected chi connectivity index (χ2v) is 8.56. The smallest absolute Gasteiger partial charge is 0.301 e. The number of aliphatic hydroxyl groups excluding tert-OH is 1. The van der Waals surface area contributed by atoms with E-state index in [1.807, 2.05) is 24.3 Å². The van der Waals surface area contributed by atoms with Gasteiger partial charge in [0.2, 0.25) is 0 Å². The van der Waals surface area contributed by atoms with E-state index < -0.39 is 17.7 Å². The number of nitrogens with zero attached hydrogens (tertiary/aromatic N) is 2. The van der Waals surface area contributed by atoms with Crippen molar-refractivity contribution in [2.45, 2.75) is 13.0 Å². The lowest BCUT2D eigenvalue weighted by molar-refractivity contribution is -0.132. The van der Waals surface area contributed by atoms with Gasteiger partial charge < -0.3 is 19.1 Å². The van der Waals surface area contributed by atoms with E-state index in [0.717, 1.165) is 10.8 Å². The summed E-state index contributed by atoms with van der Waals surface area (Å²) in [6, 6.07) is 18.4. The third-order valence-corrected chi connectivity index (χ3v) is 6.17. The SMILES string of the molecule is C=CCOc1cccc(C2C(=C(O)c3ccc4cc(OC)ccc4c3)C(=O)C(=O)N2c2cc(C)on2)c1. The first-order valence-electron chi connectivity index (χ1n) is 11.6. The van der Waals surface area contributed by atoms with Crippen LogP contribution in [0.5, 0.6) is 11.5 Å². The number of amides is 1. The van der Waals surface area contributed by atoms with E-state index in [2.05, 4.69) is 11.7 Å². The van der Waals surface area contributed by atoms with Crippen LogP contribution in [-0.4, -0.2) is 35.7 Å². The molecule has 1 saturated heterocycles. The number of carbonyl (C=O) groups excluding carboxylic acids is 2. The molecule has 0 aliphatic carbocycles. The van der Waals surface area contributed by atoms with Crippen molar-refractivity contribution in [3.63, 3.8) is 0 Å². The van der Waals surface area contributed by atoms with Crippen LogP contribution in [0.1, 0.15) is 22.9 Å². The molecule has 1 atom stereocenters. The number of fused-ring (bicyclic) bond motifs is 1. The number of hydrogen-bond acceptors (Lipinski definition) is 7. The van der Waals surface area contributed by atoms with Gasteiger partial charge in [-0.05, 0) is 53.6 Å². The van der Waals surface area contributed by atoms with Crippen molar-refractivity contribution < 1.29 is 28.7 Å². The highest BCUT2D eigenvalue weighted by Crippen LogP contribution is 2.43. The molecule has 1 aliphatic rings. The summed E-state index contributed by atoms with van der Waals surface area (Å²) in [5.41, 5.74) is 0.906. The molecule has 186 valence electrons. The fraction of sp³-hybridized carbons (Fsp3) is 0.138. The van der Waals surface area contributed by atoms with E-state index in [4.69, 9.17) is 14.0 Å². The van der Waals surface area contributed by atoms with Crippen molar-refractivity contribution in [2.75, 3.05) is 18.6 Å². The van der Waals surface area contributed by atoms with E-state index >= 15 is 0 Å². The number of methoxy groups -OCH3 is 1. The predicted octanol–water partition coefficient (Wildman–Crippen LogP) is 5.34. The van der Waals surface area contributed by atoms with Crippen LogP contribution in [0.15, 0.2) is 89.5 Å². The van der Waals surface area contributed by atoms with Gasteiger partial charge in [-0.1, -0.05) is 48.1 Å². The average molecular weight is 497 g/mol. The molecule has 1 unspecified atom stereocenters. The minimum atomic E-state index is -0.955. The first-order chi connectivity index (χ1) is 17.9. The Labute approximate surface area is 213 Å². The Hall–Kier alpha value is -4.85. The van der Waals surface area contributed by atoms with E-state index in [0.29, 0.717) is 28.4 Å². The topological polar surface area (TPSA) is 102 Å². The highest BCUT2D eigenvalue weighted by molar-refractivity contribution is 6.51. The van der Waals surface area contributed by atoms with Gasteiger partial charge in [-0.15, -0.1) is 0 Å². The van der Waals surface area contributed by atoms with Crippen molar-refractivity contribution in [1.29, 1.82) is 0 Å². The van der Waals surface area contributed by atoms with Crippen LogP contribution in [0, 0.1) is 6.92 Å². The molecule has 0 saturated carbocycles. The molecule has 1 N–H and O–H groups in total. The number of anilines is 1. The summed E-state index contributed by atoms with van der Waals surface area (Å²) in [6.45, 7) is 5.64. The summed E-state index contributed by atoms with van der Waals surface area (Å²) in [4.78, 5) is 27.9. The van der Waals surface area contributed by atoms with Crippen LogP contribution in [-0.2, 0) is 9.59 Å². The van der Waals surface area contributed by atoms with Crippen molar-refractivity contribution >= 4 is 34.0 Å². The van der Waals surface area contributed by atoms with Crippen molar-refractivity contribution in [3.05, 3.63) is 102 Å². The lowest BCUT2D eigenvalue weighted by Crippen LogP contribution is -2.29. The Bertz CT molecular complexity index is 1570. The van der Waals surface area contributed by atoms with Crippen molar-refractivity contribution in [3.8, 4) is 11.5 Å². The molecule has 0 radical (unpaired) electrons. The summed E-state index contributed by atoms with van der Waals surface area (Å²) in [7, 11) is 1.59. The van der Waals surface area contributed by atoms with Crippen molar-refractivity contribution in [1.82, 2.24) is 5.16 Å². The van der Waals surface area contributed by atoms with Gasteiger partial charge in [0, 0.05) is 11.6 Å². The third-order valence-electron chi connectivity index (χ3n) is 6.17. The van der Waals surface area contributed by atoms with Crippen LogP contribution in [0.3, 0.4) is 0 Å². The first-order valence-corrected chi connectivity index (χ1v) is 11.6. The van der Waals surface area contributed by atoms with Crippen LogP contribution in [0.25, 0.3) is 16.5 Å². The highest BCUT2D eigenvalue weighted by Gasteiger charge is 2.48. The monoisotopic (exact) mass is 496 g/mol. The molecule has 8 nitrogen and oxygen atoms in total. The molecular formula is C29H24N2O6. The fourth-order valence-corrected chi connectivity index (χ4v) is 4.43. The van der Waals surface area contributed by atoms with Gasteiger partial charge in [-0.2, -0.15) is 0 Å². The summed E-state index contributed by atoms with van der Waals surface area (Å²) in [5.74, 6) is -0.0507. The maximum Gasteiger partial charge on any atom is 0.301 e.